The molecule has 1 aliphatic heterocycles. The summed E-state index contributed by atoms with van der Waals surface area (Å²) in [4.78, 5) is 28.2. The Kier molecular flexibility index (Phi) is 6.88. The number of rotatable bonds is 6. The highest BCUT2D eigenvalue weighted by Gasteiger charge is 2.47. The Hall–Kier alpha value is -4.06. The zero-order valence-corrected chi connectivity index (χ0v) is 21.2. The molecule has 1 atom stereocenters. The lowest BCUT2D eigenvalue weighted by atomic mass is 9.94. The number of phenols is 1. The Morgan fingerprint density at radius 3 is 2.25 bits per heavy atom. The first-order valence-corrected chi connectivity index (χ1v) is 12.0. The van der Waals surface area contributed by atoms with Crippen LogP contribution in [0.1, 0.15) is 47.7 Å². The van der Waals surface area contributed by atoms with Gasteiger partial charge in [0.25, 0.3) is 11.7 Å². The predicted octanol–water partition coefficient (Wildman–Crippen LogP) is 5.98. The monoisotopic (exact) mass is 485 g/mol. The SMILES string of the molecule is Cc1ccc(N2C(=O)C(=O)/C(=C(/O)c3ccc(OCC(C)C)c(C)c3)C2c2ccc(O)cc2)c(C)c1. The van der Waals surface area contributed by atoms with Crippen molar-refractivity contribution in [2.75, 3.05) is 11.5 Å². The standard InChI is InChI=1S/C30H31NO5/c1-17(2)16-36-25-13-9-22(15-20(25)5)28(33)26-27(21-7-10-23(32)11-8-21)31(30(35)29(26)34)24-12-6-18(3)14-19(24)4/h6-15,17,27,32-33H,16H2,1-5H3/b28-26+. The van der Waals surface area contributed by atoms with Crippen LogP contribution in [0.3, 0.4) is 0 Å². The van der Waals surface area contributed by atoms with Crippen molar-refractivity contribution in [2.45, 2.75) is 40.7 Å². The van der Waals surface area contributed by atoms with Crippen LogP contribution in [0.15, 0.2) is 66.2 Å². The van der Waals surface area contributed by atoms with Gasteiger partial charge in [0, 0.05) is 11.3 Å². The van der Waals surface area contributed by atoms with Crippen molar-refractivity contribution in [2.24, 2.45) is 5.92 Å². The molecule has 1 amide bonds. The highest BCUT2D eigenvalue weighted by molar-refractivity contribution is 6.51. The molecule has 2 N–H and O–H groups in total. The van der Waals surface area contributed by atoms with Crippen LogP contribution in [0, 0.1) is 26.7 Å². The van der Waals surface area contributed by atoms with Gasteiger partial charge in [-0.15, -0.1) is 0 Å². The summed E-state index contributed by atoms with van der Waals surface area (Å²) in [5.41, 5.74) is 4.29. The molecule has 0 aliphatic carbocycles. The number of nitrogens with zero attached hydrogens (tertiary/aromatic N) is 1. The van der Waals surface area contributed by atoms with Gasteiger partial charge in [-0.05, 0) is 79.8 Å². The molecule has 0 saturated carbocycles. The summed E-state index contributed by atoms with van der Waals surface area (Å²) in [7, 11) is 0. The van der Waals surface area contributed by atoms with Crippen LogP contribution in [-0.4, -0.2) is 28.5 Å². The van der Waals surface area contributed by atoms with E-state index in [1.807, 2.05) is 39.0 Å². The zero-order chi connectivity index (χ0) is 26.1. The molecule has 6 heteroatoms. The number of hydrogen-bond acceptors (Lipinski definition) is 5. The Labute approximate surface area is 211 Å². The van der Waals surface area contributed by atoms with E-state index < -0.39 is 17.7 Å². The van der Waals surface area contributed by atoms with Gasteiger partial charge < -0.3 is 14.9 Å². The topological polar surface area (TPSA) is 87.1 Å². The minimum Gasteiger partial charge on any atom is -0.508 e. The number of aryl methyl sites for hydroxylation is 3. The van der Waals surface area contributed by atoms with Crippen LogP contribution in [-0.2, 0) is 9.59 Å². The molecule has 0 spiro atoms. The van der Waals surface area contributed by atoms with Crippen LogP contribution in [0.4, 0.5) is 5.69 Å². The molecule has 0 aromatic heterocycles. The van der Waals surface area contributed by atoms with Crippen LogP contribution < -0.4 is 9.64 Å². The third-order valence-corrected chi connectivity index (χ3v) is 6.29. The summed E-state index contributed by atoms with van der Waals surface area (Å²) >= 11 is 0. The number of carbonyl (C=O) groups excluding carboxylic acids is 2. The summed E-state index contributed by atoms with van der Waals surface area (Å²) in [6.07, 6.45) is 0. The summed E-state index contributed by atoms with van der Waals surface area (Å²) in [6.45, 7) is 10.4. The normalized spacial score (nSPS) is 17.2. The van der Waals surface area contributed by atoms with E-state index in [2.05, 4.69) is 13.8 Å². The van der Waals surface area contributed by atoms with Crippen molar-refractivity contribution in [1.82, 2.24) is 0 Å². The number of hydrogen-bond donors (Lipinski definition) is 2. The third kappa shape index (κ3) is 4.71. The van der Waals surface area contributed by atoms with Gasteiger partial charge in [-0.1, -0.05) is 43.7 Å². The van der Waals surface area contributed by atoms with E-state index in [9.17, 15) is 19.8 Å². The predicted molar refractivity (Wildman–Crippen MR) is 140 cm³/mol. The Bertz CT molecular complexity index is 1350. The number of benzene rings is 3. The molecule has 1 aliphatic rings. The number of amides is 1. The molecule has 1 heterocycles. The first-order valence-electron chi connectivity index (χ1n) is 12.0. The van der Waals surface area contributed by atoms with Crippen molar-refractivity contribution in [3.63, 3.8) is 0 Å². The lowest BCUT2D eigenvalue weighted by molar-refractivity contribution is -0.132. The van der Waals surface area contributed by atoms with Crippen molar-refractivity contribution in [3.8, 4) is 11.5 Å². The summed E-state index contributed by atoms with van der Waals surface area (Å²) in [5, 5.41) is 21.2. The fourth-order valence-corrected chi connectivity index (χ4v) is 4.50. The lowest BCUT2D eigenvalue weighted by Crippen LogP contribution is -2.30. The van der Waals surface area contributed by atoms with Gasteiger partial charge in [0.1, 0.15) is 17.3 Å². The second kappa shape index (κ2) is 9.90. The number of ether oxygens (including phenoxy) is 1. The van der Waals surface area contributed by atoms with E-state index in [0.29, 0.717) is 35.1 Å². The smallest absolute Gasteiger partial charge is 0.300 e. The van der Waals surface area contributed by atoms with Gasteiger partial charge in [-0.25, -0.2) is 0 Å². The van der Waals surface area contributed by atoms with Gasteiger partial charge in [0.2, 0.25) is 0 Å². The highest BCUT2D eigenvalue weighted by Crippen LogP contribution is 2.43. The molecule has 4 rings (SSSR count). The van der Waals surface area contributed by atoms with Crippen molar-refractivity contribution >= 4 is 23.1 Å². The van der Waals surface area contributed by atoms with E-state index in [1.54, 1.807) is 30.3 Å². The van der Waals surface area contributed by atoms with E-state index >= 15 is 0 Å². The summed E-state index contributed by atoms with van der Waals surface area (Å²) < 4.78 is 5.85. The number of aliphatic hydroxyl groups is 1. The molecular weight excluding hydrogens is 454 g/mol. The van der Waals surface area contributed by atoms with Crippen LogP contribution >= 0.6 is 0 Å². The lowest BCUT2D eigenvalue weighted by Gasteiger charge is -2.27. The molecule has 1 saturated heterocycles. The number of Topliss-reactive ketones (excluding diaryl/α,β-unsaturated/α-hetero) is 1. The molecule has 36 heavy (non-hydrogen) atoms. The molecule has 3 aromatic rings. The molecular formula is C30H31NO5. The van der Waals surface area contributed by atoms with Crippen LogP contribution in [0.25, 0.3) is 5.76 Å². The average molecular weight is 486 g/mol. The van der Waals surface area contributed by atoms with Crippen LogP contribution in [0.2, 0.25) is 0 Å². The molecule has 1 unspecified atom stereocenters. The van der Waals surface area contributed by atoms with Crippen molar-refractivity contribution in [1.29, 1.82) is 0 Å². The first-order chi connectivity index (χ1) is 17.1. The first kappa shape index (κ1) is 25.0. The van der Waals surface area contributed by atoms with Gasteiger partial charge in [-0.2, -0.15) is 0 Å². The number of aromatic hydroxyl groups is 1. The highest BCUT2D eigenvalue weighted by atomic mass is 16.5. The maximum Gasteiger partial charge on any atom is 0.300 e. The van der Waals surface area contributed by atoms with Crippen LogP contribution in [0.5, 0.6) is 11.5 Å². The van der Waals surface area contributed by atoms with Gasteiger partial charge >= 0.3 is 0 Å². The number of anilines is 1. The minimum atomic E-state index is -0.857. The van der Waals surface area contributed by atoms with Crippen molar-refractivity contribution < 1.29 is 24.5 Å². The van der Waals surface area contributed by atoms with E-state index in [4.69, 9.17) is 4.74 Å². The van der Waals surface area contributed by atoms with E-state index in [-0.39, 0.29) is 17.1 Å². The second-order valence-electron chi connectivity index (χ2n) is 9.74. The third-order valence-electron chi connectivity index (χ3n) is 6.29. The van der Waals surface area contributed by atoms with E-state index in [1.165, 1.54) is 17.0 Å². The molecule has 0 radical (unpaired) electrons. The largest absolute Gasteiger partial charge is 0.508 e. The molecule has 0 bridgehead atoms. The van der Waals surface area contributed by atoms with Gasteiger partial charge in [0.05, 0.1) is 18.2 Å². The maximum absolute atomic E-state index is 13.4. The average Bonchev–Trinajstić information content (AvgIpc) is 3.08. The number of phenolic OH excluding ortho intramolecular Hbond substituents is 1. The number of carbonyl (C=O) groups is 2. The Morgan fingerprint density at radius 2 is 1.64 bits per heavy atom. The minimum absolute atomic E-state index is 0.000846. The van der Waals surface area contributed by atoms with E-state index in [0.717, 1.165) is 16.7 Å². The van der Waals surface area contributed by atoms with Gasteiger partial charge in [0.15, 0.2) is 0 Å². The molecule has 1 fully saturated rings. The molecule has 3 aromatic carbocycles. The number of aliphatic hydroxyl groups excluding tert-OH is 1. The molecule has 6 nitrogen and oxygen atoms in total. The Morgan fingerprint density at radius 1 is 0.944 bits per heavy atom. The quantitative estimate of drug-likeness (QED) is 0.255. The zero-order valence-electron chi connectivity index (χ0n) is 21.2. The second-order valence-corrected chi connectivity index (χ2v) is 9.74. The van der Waals surface area contributed by atoms with Gasteiger partial charge in [-0.3, -0.25) is 14.5 Å². The Balaban J connectivity index is 1.87. The summed E-state index contributed by atoms with van der Waals surface area (Å²) in [5.74, 6) is -0.597. The number of ketones is 1. The molecule has 186 valence electrons. The fourth-order valence-electron chi connectivity index (χ4n) is 4.50. The maximum atomic E-state index is 13.4. The fraction of sp³-hybridized carbons (Fsp3) is 0.267. The summed E-state index contributed by atoms with van der Waals surface area (Å²) in [6, 6.07) is 16.3. The van der Waals surface area contributed by atoms with Crippen molar-refractivity contribution in [3.05, 3.63) is 94.1 Å².